The fourth-order valence-corrected chi connectivity index (χ4v) is 1.66. The molecule has 17 heavy (non-hydrogen) atoms. The first-order valence-corrected chi connectivity index (χ1v) is 6.30. The van der Waals surface area contributed by atoms with E-state index in [9.17, 15) is 4.79 Å². The third-order valence-electron chi connectivity index (χ3n) is 2.46. The largest absolute Gasteiger partial charge is 0.325 e. The lowest BCUT2D eigenvalue weighted by Gasteiger charge is -2.07. The van der Waals surface area contributed by atoms with Gasteiger partial charge in [-0.3, -0.25) is 9.78 Å². The van der Waals surface area contributed by atoms with Gasteiger partial charge in [0.1, 0.15) is 0 Å². The van der Waals surface area contributed by atoms with Gasteiger partial charge in [-0.15, -0.1) is 0 Å². The second-order valence-corrected chi connectivity index (χ2v) is 5.34. The molecule has 1 atom stereocenters. The van der Waals surface area contributed by atoms with Crippen LogP contribution in [0.3, 0.4) is 0 Å². The van der Waals surface area contributed by atoms with Gasteiger partial charge in [-0.2, -0.15) is 0 Å². The second-order valence-electron chi connectivity index (χ2n) is 3.97. The lowest BCUT2D eigenvalue weighted by atomic mass is 10.2. The summed E-state index contributed by atoms with van der Waals surface area (Å²) in [6.07, 6.45) is 0. The van der Waals surface area contributed by atoms with Crippen molar-refractivity contribution in [1.82, 2.24) is 4.98 Å². The van der Waals surface area contributed by atoms with Gasteiger partial charge < -0.3 is 5.32 Å². The summed E-state index contributed by atoms with van der Waals surface area (Å²) in [6, 6.07) is 9.67. The van der Waals surface area contributed by atoms with E-state index in [0.717, 1.165) is 22.3 Å². The van der Waals surface area contributed by atoms with Crippen molar-refractivity contribution in [3.8, 4) is 0 Å². The van der Waals surface area contributed by atoms with Gasteiger partial charge in [0.25, 0.3) is 0 Å². The first-order chi connectivity index (χ1) is 8.06. The number of carbonyl (C=O) groups is 1. The fraction of sp³-hybridized carbons (Fsp3) is 0.231. The zero-order valence-corrected chi connectivity index (χ0v) is 11.3. The molecule has 3 nitrogen and oxygen atoms in total. The van der Waals surface area contributed by atoms with Crippen LogP contribution in [0.25, 0.3) is 10.9 Å². The maximum absolute atomic E-state index is 11.5. The number of rotatable bonds is 2. The standard InChI is InChI=1S/C13H13BrN2O/c1-8-3-4-10-7-11(5-6-12(10)15-8)16-13(17)9(2)14/h3-7,9H,1-2H3,(H,16,17)/t9-/m0/s1. The van der Waals surface area contributed by atoms with Crippen LogP contribution in [0.2, 0.25) is 0 Å². The van der Waals surface area contributed by atoms with E-state index in [1.807, 2.05) is 37.3 Å². The van der Waals surface area contributed by atoms with Crippen LogP contribution in [-0.2, 0) is 4.79 Å². The van der Waals surface area contributed by atoms with Crippen LogP contribution in [0.15, 0.2) is 30.3 Å². The molecule has 0 saturated carbocycles. The topological polar surface area (TPSA) is 42.0 Å². The molecule has 0 saturated heterocycles. The predicted octanol–water partition coefficient (Wildman–Crippen LogP) is 3.27. The van der Waals surface area contributed by atoms with Crippen molar-refractivity contribution in [2.24, 2.45) is 0 Å². The average Bonchev–Trinajstić information content (AvgIpc) is 2.29. The van der Waals surface area contributed by atoms with E-state index in [2.05, 4.69) is 26.2 Å². The van der Waals surface area contributed by atoms with Gasteiger partial charge in [-0.05, 0) is 38.1 Å². The molecule has 1 aromatic carbocycles. The molecule has 1 heterocycles. The Labute approximate surface area is 108 Å². The van der Waals surface area contributed by atoms with Crippen LogP contribution < -0.4 is 5.32 Å². The van der Waals surface area contributed by atoms with E-state index in [-0.39, 0.29) is 10.7 Å². The summed E-state index contributed by atoms with van der Waals surface area (Å²) >= 11 is 3.23. The number of nitrogens with one attached hydrogen (secondary N) is 1. The van der Waals surface area contributed by atoms with Crippen molar-refractivity contribution >= 4 is 38.4 Å². The Bertz CT molecular complexity index is 566. The molecule has 1 aromatic heterocycles. The van der Waals surface area contributed by atoms with Crippen molar-refractivity contribution in [3.05, 3.63) is 36.0 Å². The van der Waals surface area contributed by atoms with E-state index in [4.69, 9.17) is 0 Å². The van der Waals surface area contributed by atoms with Crippen LogP contribution >= 0.6 is 15.9 Å². The number of anilines is 1. The highest BCUT2D eigenvalue weighted by Crippen LogP contribution is 2.18. The molecular weight excluding hydrogens is 280 g/mol. The number of benzene rings is 1. The molecule has 2 rings (SSSR count). The number of alkyl halides is 1. The van der Waals surface area contributed by atoms with Gasteiger partial charge in [0.15, 0.2) is 0 Å². The van der Waals surface area contributed by atoms with Crippen molar-refractivity contribution in [2.75, 3.05) is 5.32 Å². The summed E-state index contributed by atoms with van der Waals surface area (Å²) in [7, 11) is 0. The Kier molecular flexibility index (Phi) is 3.43. The lowest BCUT2D eigenvalue weighted by Crippen LogP contribution is -2.19. The van der Waals surface area contributed by atoms with Crippen LogP contribution in [0.5, 0.6) is 0 Å². The Morgan fingerprint density at radius 3 is 2.82 bits per heavy atom. The van der Waals surface area contributed by atoms with Gasteiger partial charge in [0.2, 0.25) is 5.91 Å². The number of nitrogens with zero attached hydrogens (tertiary/aromatic N) is 1. The van der Waals surface area contributed by atoms with Crippen LogP contribution in [-0.4, -0.2) is 15.7 Å². The summed E-state index contributed by atoms with van der Waals surface area (Å²) in [4.78, 5) is 15.7. The summed E-state index contributed by atoms with van der Waals surface area (Å²) in [5, 5.41) is 3.86. The summed E-state index contributed by atoms with van der Waals surface area (Å²) < 4.78 is 0. The number of aryl methyl sites for hydroxylation is 1. The molecular formula is C13H13BrN2O. The van der Waals surface area contributed by atoms with E-state index >= 15 is 0 Å². The molecule has 0 aliphatic heterocycles. The van der Waals surface area contributed by atoms with Gasteiger partial charge in [0.05, 0.1) is 10.3 Å². The fourth-order valence-electron chi connectivity index (χ4n) is 1.55. The Morgan fingerprint density at radius 1 is 1.35 bits per heavy atom. The first-order valence-electron chi connectivity index (χ1n) is 5.38. The van der Waals surface area contributed by atoms with Gasteiger partial charge in [-0.25, -0.2) is 0 Å². The lowest BCUT2D eigenvalue weighted by molar-refractivity contribution is -0.115. The van der Waals surface area contributed by atoms with Gasteiger partial charge in [0, 0.05) is 16.8 Å². The normalized spacial score (nSPS) is 12.4. The molecule has 1 N–H and O–H groups in total. The molecule has 0 fully saturated rings. The molecule has 4 heteroatoms. The Morgan fingerprint density at radius 2 is 2.12 bits per heavy atom. The SMILES string of the molecule is Cc1ccc2cc(NC(=O)[C@H](C)Br)ccc2n1. The minimum absolute atomic E-state index is 0.0515. The molecule has 88 valence electrons. The number of hydrogen-bond acceptors (Lipinski definition) is 2. The predicted molar refractivity (Wildman–Crippen MR) is 73.5 cm³/mol. The van der Waals surface area contributed by atoms with E-state index in [1.54, 1.807) is 6.92 Å². The minimum atomic E-state index is -0.200. The molecule has 0 unspecified atom stereocenters. The van der Waals surface area contributed by atoms with Crippen molar-refractivity contribution < 1.29 is 4.79 Å². The molecule has 0 radical (unpaired) electrons. The molecule has 0 spiro atoms. The molecule has 1 amide bonds. The number of amides is 1. The highest BCUT2D eigenvalue weighted by atomic mass is 79.9. The maximum atomic E-state index is 11.5. The van der Waals surface area contributed by atoms with E-state index in [1.165, 1.54) is 0 Å². The van der Waals surface area contributed by atoms with Crippen LogP contribution in [0, 0.1) is 6.92 Å². The number of pyridine rings is 1. The number of carbonyl (C=O) groups excluding carboxylic acids is 1. The summed E-state index contributed by atoms with van der Waals surface area (Å²) in [5.41, 5.74) is 2.72. The average molecular weight is 293 g/mol. The quantitative estimate of drug-likeness (QED) is 0.863. The molecule has 0 aliphatic carbocycles. The number of aromatic nitrogens is 1. The molecule has 2 aromatic rings. The summed E-state index contributed by atoms with van der Waals surface area (Å²) in [6.45, 7) is 3.75. The highest BCUT2D eigenvalue weighted by Gasteiger charge is 2.08. The third-order valence-corrected chi connectivity index (χ3v) is 2.87. The maximum Gasteiger partial charge on any atom is 0.237 e. The van der Waals surface area contributed by atoms with Gasteiger partial charge >= 0.3 is 0 Å². The number of halogens is 1. The third kappa shape index (κ3) is 2.82. The highest BCUT2D eigenvalue weighted by molar-refractivity contribution is 9.10. The zero-order valence-electron chi connectivity index (χ0n) is 9.70. The van der Waals surface area contributed by atoms with Crippen molar-refractivity contribution in [2.45, 2.75) is 18.7 Å². The van der Waals surface area contributed by atoms with E-state index in [0.29, 0.717) is 0 Å². The van der Waals surface area contributed by atoms with Gasteiger partial charge in [-0.1, -0.05) is 22.0 Å². The molecule has 0 bridgehead atoms. The van der Waals surface area contributed by atoms with Crippen LogP contribution in [0.1, 0.15) is 12.6 Å². The number of fused-ring (bicyclic) bond motifs is 1. The second kappa shape index (κ2) is 4.84. The zero-order chi connectivity index (χ0) is 12.4. The minimum Gasteiger partial charge on any atom is -0.325 e. The smallest absolute Gasteiger partial charge is 0.237 e. The van der Waals surface area contributed by atoms with Crippen molar-refractivity contribution in [3.63, 3.8) is 0 Å². The van der Waals surface area contributed by atoms with Crippen molar-refractivity contribution in [1.29, 1.82) is 0 Å². The first kappa shape index (κ1) is 12.0. The van der Waals surface area contributed by atoms with E-state index < -0.39 is 0 Å². The number of hydrogen-bond donors (Lipinski definition) is 1. The Balaban J connectivity index is 2.32. The molecule has 0 aliphatic rings. The summed E-state index contributed by atoms with van der Waals surface area (Å²) in [5.74, 6) is -0.0515. The van der Waals surface area contributed by atoms with Crippen LogP contribution in [0.4, 0.5) is 5.69 Å². The monoisotopic (exact) mass is 292 g/mol. The Hall–Kier alpha value is -1.42.